The molecular weight excluding hydrogens is 295 g/mol. The van der Waals surface area contributed by atoms with Gasteiger partial charge in [0.2, 0.25) is 5.91 Å². The third-order valence-corrected chi connectivity index (χ3v) is 3.67. The van der Waals surface area contributed by atoms with E-state index >= 15 is 0 Å². The Kier molecular flexibility index (Phi) is 4.39. The van der Waals surface area contributed by atoms with Crippen LogP contribution in [0.1, 0.15) is 23.8 Å². The van der Waals surface area contributed by atoms with E-state index in [1.807, 2.05) is 30.3 Å². The molecule has 1 aromatic heterocycles. The highest BCUT2D eigenvalue weighted by molar-refractivity contribution is 5.80. The summed E-state index contributed by atoms with van der Waals surface area (Å²) in [5.74, 6) is -0.722. The van der Waals surface area contributed by atoms with Crippen LogP contribution in [0.25, 0.3) is 10.9 Å². The fraction of sp³-hybridized carbons (Fsp3) is 0.167. The number of halogens is 1. The molecule has 0 aliphatic heterocycles. The molecule has 118 valence electrons. The fourth-order valence-corrected chi connectivity index (χ4v) is 2.50. The molecule has 0 radical (unpaired) electrons. The molecule has 1 heterocycles. The van der Waals surface area contributed by atoms with Gasteiger partial charge in [0, 0.05) is 11.2 Å². The Bertz CT molecular complexity index is 796. The van der Waals surface area contributed by atoms with Gasteiger partial charge in [0.25, 0.3) is 0 Å². The second-order valence-electron chi connectivity index (χ2n) is 5.43. The van der Waals surface area contributed by atoms with E-state index in [1.165, 1.54) is 18.2 Å². The van der Waals surface area contributed by atoms with E-state index in [4.69, 9.17) is 0 Å². The van der Waals surface area contributed by atoms with Gasteiger partial charge in [0.1, 0.15) is 5.82 Å². The van der Waals surface area contributed by atoms with Gasteiger partial charge >= 0.3 is 0 Å². The van der Waals surface area contributed by atoms with Crippen LogP contribution in [-0.2, 0) is 11.3 Å². The monoisotopic (exact) mass is 312 g/mol. The molecular formula is C18H17FN2O2. The summed E-state index contributed by atoms with van der Waals surface area (Å²) < 4.78 is 13.1. The summed E-state index contributed by atoms with van der Waals surface area (Å²) in [5, 5.41) is 13.8. The lowest BCUT2D eigenvalue weighted by Crippen LogP contribution is -2.24. The average molecular weight is 312 g/mol. The minimum absolute atomic E-state index is 0.107. The van der Waals surface area contributed by atoms with Crippen molar-refractivity contribution >= 4 is 16.8 Å². The van der Waals surface area contributed by atoms with Crippen LogP contribution >= 0.6 is 0 Å². The molecule has 0 bridgehead atoms. The Morgan fingerprint density at radius 3 is 2.78 bits per heavy atom. The summed E-state index contributed by atoms with van der Waals surface area (Å²) in [4.78, 5) is 15.1. The molecule has 0 fully saturated rings. The van der Waals surface area contributed by atoms with Gasteiger partial charge in [-0.2, -0.15) is 0 Å². The van der Waals surface area contributed by atoms with E-state index in [1.54, 1.807) is 6.07 Å². The van der Waals surface area contributed by atoms with Gasteiger partial charge in [-0.3, -0.25) is 4.79 Å². The van der Waals surface area contributed by atoms with Crippen LogP contribution in [0.15, 0.2) is 54.6 Å². The molecule has 1 unspecified atom stereocenters. The maximum Gasteiger partial charge on any atom is 0.223 e. The largest absolute Gasteiger partial charge is 0.388 e. The Balaban J connectivity index is 1.57. The zero-order chi connectivity index (χ0) is 16.2. The number of rotatable bonds is 5. The van der Waals surface area contributed by atoms with Crippen molar-refractivity contribution in [2.75, 3.05) is 0 Å². The van der Waals surface area contributed by atoms with E-state index in [-0.39, 0.29) is 12.3 Å². The third-order valence-electron chi connectivity index (χ3n) is 3.67. The van der Waals surface area contributed by atoms with Crippen molar-refractivity contribution in [2.24, 2.45) is 0 Å². The van der Waals surface area contributed by atoms with Crippen LogP contribution < -0.4 is 5.32 Å². The molecule has 5 heteroatoms. The number of fused-ring (bicyclic) bond motifs is 1. The fourth-order valence-electron chi connectivity index (χ4n) is 2.50. The van der Waals surface area contributed by atoms with Crippen molar-refractivity contribution in [3.63, 3.8) is 0 Å². The molecule has 0 spiro atoms. The predicted octanol–water partition coefficient (Wildman–Crippen LogP) is 3.05. The second-order valence-corrected chi connectivity index (χ2v) is 5.43. The van der Waals surface area contributed by atoms with E-state index in [0.717, 1.165) is 16.6 Å². The normalized spacial score (nSPS) is 12.3. The summed E-state index contributed by atoms with van der Waals surface area (Å²) in [7, 11) is 0. The molecule has 2 aromatic carbocycles. The summed E-state index contributed by atoms with van der Waals surface area (Å²) in [6.07, 6.45) is -1.13. The average Bonchev–Trinajstić information content (AvgIpc) is 2.96. The van der Waals surface area contributed by atoms with E-state index in [0.29, 0.717) is 12.1 Å². The first kappa shape index (κ1) is 15.2. The molecule has 0 saturated heterocycles. The zero-order valence-electron chi connectivity index (χ0n) is 12.4. The number of carbonyl (C=O) groups excluding carboxylic acids is 1. The number of aliphatic hydroxyl groups excluding tert-OH is 1. The molecule has 1 amide bonds. The van der Waals surface area contributed by atoms with Gasteiger partial charge in [0.15, 0.2) is 0 Å². The topological polar surface area (TPSA) is 65.1 Å². The number of nitrogens with one attached hydrogen (secondary N) is 2. The number of H-pyrrole nitrogens is 1. The quantitative estimate of drug-likeness (QED) is 0.678. The van der Waals surface area contributed by atoms with Crippen LogP contribution in [0.5, 0.6) is 0 Å². The second kappa shape index (κ2) is 6.62. The Morgan fingerprint density at radius 1 is 1.17 bits per heavy atom. The van der Waals surface area contributed by atoms with E-state index in [9.17, 15) is 14.3 Å². The van der Waals surface area contributed by atoms with Crippen molar-refractivity contribution in [2.45, 2.75) is 19.1 Å². The standard InChI is InChI=1S/C18H17FN2O2/c19-14-6-3-5-13(8-14)17(22)10-18(23)20-11-15-9-12-4-1-2-7-16(12)21-15/h1-9,17,21-22H,10-11H2,(H,20,23). The van der Waals surface area contributed by atoms with Gasteiger partial charge in [-0.25, -0.2) is 4.39 Å². The van der Waals surface area contributed by atoms with Crippen LogP contribution in [0.3, 0.4) is 0 Å². The van der Waals surface area contributed by atoms with Crippen LogP contribution in [0, 0.1) is 5.82 Å². The predicted molar refractivity (Wildman–Crippen MR) is 86.1 cm³/mol. The number of benzene rings is 2. The Labute approximate surface area is 133 Å². The molecule has 3 N–H and O–H groups in total. The summed E-state index contributed by atoms with van der Waals surface area (Å²) in [6, 6.07) is 15.5. The van der Waals surface area contributed by atoms with Crippen LogP contribution in [-0.4, -0.2) is 16.0 Å². The molecule has 3 rings (SSSR count). The first-order chi connectivity index (χ1) is 11.1. The van der Waals surface area contributed by atoms with Crippen molar-refractivity contribution < 1.29 is 14.3 Å². The Hall–Kier alpha value is -2.66. The van der Waals surface area contributed by atoms with Crippen molar-refractivity contribution in [1.82, 2.24) is 10.3 Å². The minimum atomic E-state index is -1.02. The molecule has 3 aromatic rings. The summed E-state index contributed by atoms with van der Waals surface area (Å²) in [6.45, 7) is 0.351. The van der Waals surface area contributed by atoms with Gasteiger partial charge < -0.3 is 15.4 Å². The highest BCUT2D eigenvalue weighted by Crippen LogP contribution is 2.18. The van der Waals surface area contributed by atoms with Crippen molar-refractivity contribution in [3.05, 3.63) is 71.7 Å². The zero-order valence-corrected chi connectivity index (χ0v) is 12.4. The number of aliphatic hydroxyl groups is 1. The number of carbonyl (C=O) groups is 1. The molecule has 0 aliphatic carbocycles. The molecule has 1 atom stereocenters. The third kappa shape index (κ3) is 3.76. The first-order valence-corrected chi connectivity index (χ1v) is 7.38. The van der Waals surface area contributed by atoms with Gasteiger partial charge in [-0.1, -0.05) is 30.3 Å². The lowest BCUT2D eigenvalue weighted by molar-refractivity contribution is -0.123. The van der Waals surface area contributed by atoms with E-state index in [2.05, 4.69) is 10.3 Å². The maximum atomic E-state index is 13.1. The van der Waals surface area contributed by atoms with Crippen molar-refractivity contribution in [3.8, 4) is 0 Å². The first-order valence-electron chi connectivity index (χ1n) is 7.38. The lowest BCUT2D eigenvalue weighted by atomic mass is 10.1. The smallest absolute Gasteiger partial charge is 0.223 e. The van der Waals surface area contributed by atoms with Gasteiger partial charge in [-0.15, -0.1) is 0 Å². The number of amides is 1. The molecule has 23 heavy (non-hydrogen) atoms. The van der Waals surface area contributed by atoms with Crippen molar-refractivity contribution in [1.29, 1.82) is 0 Å². The summed E-state index contributed by atoms with van der Waals surface area (Å²) in [5.41, 5.74) is 2.29. The highest BCUT2D eigenvalue weighted by atomic mass is 19.1. The molecule has 0 saturated carbocycles. The number of hydrogen-bond donors (Lipinski definition) is 3. The Morgan fingerprint density at radius 2 is 2.00 bits per heavy atom. The van der Waals surface area contributed by atoms with Crippen LogP contribution in [0.2, 0.25) is 0 Å². The SMILES string of the molecule is O=C(CC(O)c1cccc(F)c1)NCc1cc2ccccc2[nH]1. The summed E-state index contributed by atoms with van der Waals surface area (Å²) >= 11 is 0. The lowest BCUT2D eigenvalue weighted by Gasteiger charge is -2.11. The number of aromatic nitrogens is 1. The molecule has 4 nitrogen and oxygen atoms in total. The number of hydrogen-bond acceptors (Lipinski definition) is 2. The number of para-hydroxylation sites is 1. The minimum Gasteiger partial charge on any atom is -0.388 e. The van der Waals surface area contributed by atoms with Gasteiger partial charge in [0.05, 0.1) is 19.1 Å². The number of aromatic amines is 1. The highest BCUT2D eigenvalue weighted by Gasteiger charge is 2.13. The van der Waals surface area contributed by atoms with Gasteiger partial charge in [-0.05, 0) is 35.2 Å². The maximum absolute atomic E-state index is 13.1. The molecule has 0 aliphatic rings. The van der Waals surface area contributed by atoms with E-state index < -0.39 is 11.9 Å². The van der Waals surface area contributed by atoms with Crippen LogP contribution in [0.4, 0.5) is 4.39 Å².